The molecule has 0 aromatic heterocycles. The van der Waals surface area contributed by atoms with Crippen molar-refractivity contribution in [1.82, 2.24) is 10.2 Å². The predicted molar refractivity (Wildman–Crippen MR) is 70.9 cm³/mol. The van der Waals surface area contributed by atoms with Crippen LogP contribution in [0.25, 0.3) is 0 Å². The van der Waals surface area contributed by atoms with E-state index in [1.54, 1.807) is 0 Å². The van der Waals surface area contributed by atoms with Gasteiger partial charge in [0.05, 0.1) is 0 Å². The molecule has 1 saturated heterocycles. The molecule has 3 nitrogen and oxygen atoms in total. The second-order valence-corrected chi connectivity index (χ2v) is 5.11. The fourth-order valence-electron chi connectivity index (χ4n) is 1.83. The Kier molecular flexibility index (Phi) is 4.51. The number of nitrogens with two attached hydrogens (primary N) is 1. The minimum Gasteiger partial charge on any atom is -0.398 e. The lowest BCUT2D eigenvalue weighted by atomic mass is 10.3. The van der Waals surface area contributed by atoms with E-state index in [0.29, 0.717) is 0 Å². The first-order valence-corrected chi connectivity index (χ1v) is 6.75. The number of nitrogens with zero attached hydrogens (tertiary/aromatic N) is 1. The third kappa shape index (κ3) is 3.40. The van der Waals surface area contributed by atoms with Gasteiger partial charge in [0.25, 0.3) is 0 Å². The molecule has 0 spiro atoms. The summed E-state index contributed by atoms with van der Waals surface area (Å²) in [6, 6.07) is 8.09. The number of benzene rings is 1. The second-order valence-electron chi connectivity index (χ2n) is 3.98. The highest BCUT2D eigenvalue weighted by Gasteiger charge is 2.08. The van der Waals surface area contributed by atoms with E-state index < -0.39 is 0 Å². The van der Waals surface area contributed by atoms with Crippen molar-refractivity contribution in [3.8, 4) is 0 Å². The van der Waals surface area contributed by atoms with Gasteiger partial charge in [0.2, 0.25) is 0 Å². The van der Waals surface area contributed by atoms with Crippen LogP contribution in [0.4, 0.5) is 5.69 Å². The molecular weight excluding hydrogens is 218 g/mol. The van der Waals surface area contributed by atoms with Gasteiger partial charge in [-0.15, -0.1) is 11.8 Å². The molecule has 2 rings (SSSR count). The second kappa shape index (κ2) is 6.13. The van der Waals surface area contributed by atoms with Gasteiger partial charge in [-0.05, 0) is 12.1 Å². The molecule has 1 aromatic carbocycles. The molecule has 0 bridgehead atoms. The Hall–Kier alpha value is -0.710. The van der Waals surface area contributed by atoms with Gasteiger partial charge in [-0.3, -0.25) is 4.90 Å². The number of piperazine rings is 1. The van der Waals surface area contributed by atoms with Gasteiger partial charge in [-0.2, -0.15) is 0 Å². The maximum Gasteiger partial charge on any atom is 0.0452 e. The number of anilines is 1. The number of nitrogen functional groups attached to an aromatic ring is 1. The molecule has 3 N–H and O–H groups in total. The van der Waals surface area contributed by atoms with Crippen molar-refractivity contribution in [3.63, 3.8) is 0 Å². The lowest BCUT2D eigenvalue weighted by Crippen LogP contribution is -2.44. The summed E-state index contributed by atoms with van der Waals surface area (Å²) in [6.45, 7) is 5.74. The Balaban J connectivity index is 1.73. The number of rotatable bonds is 4. The molecule has 4 heteroatoms. The molecule has 1 aliphatic heterocycles. The Bertz CT molecular complexity index is 324. The van der Waals surface area contributed by atoms with Gasteiger partial charge in [0.15, 0.2) is 0 Å². The van der Waals surface area contributed by atoms with Gasteiger partial charge < -0.3 is 11.1 Å². The number of hydrogen-bond donors (Lipinski definition) is 2. The van der Waals surface area contributed by atoms with Crippen molar-refractivity contribution in [1.29, 1.82) is 0 Å². The molecule has 0 saturated carbocycles. The van der Waals surface area contributed by atoms with E-state index in [1.807, 2.05) is 30.0 Å². The SMILES string of the molecule is Nc1ccccc1SCCN1CCNCC1. The van der Waals surface area contributed by atoms with Gasteiger partial charge in [0.1, 0.15) is 0 Å². The molecule has 88 valence electrons. The third-order valence-corrected chi connectivity index (χ3v) is 3.86. The first-order chi connectivity index (χ1) is 7.86. The first-order valence-electron chi connectivity index (χ1n) is 5.76. The molecule has 16 heavy (non-hydrogen) atoms. The summed E-state index contributed by atoms with van der Waals surface area (Å²) in [5.74, 6) is 1.12. The van der Waals surface area contributed by atoms with Gasteiger partial charge in [0, 0.05) is 49.1 Å². The predicted octanol–water partition coefficient (Wildman–Crippen LogP) is 1.27. The van der Waals surface area contributed by atoms with Gasteiger partial charge in [-0.1, -0.05) is 12.1 Å². The maximum absolute atomic E-state index is 5.90. The summed E-state index contributed by atoms with van der Waals surface area (Å²) in [6.07, 6.45) is 0. The highest BCUT2D eigenvalue weighted by Crippen LogP contribution is 2.24. The van der Waals surface area contributed by atoms with Gasteiger partial charge >= 0.3 is 0 Å². The summed E-state index contributed by atoms with van der Waals surface area (Å²) in [5, 5.41) is 3.36. The van der Waals surface area contributed by atoms with Crippen LogP contribution in [0.5, 0.6) is 0 Å². The Labute approximate surface area is 101 Å². The molecule has 0 radical (unpaired) electrons. The smallest absolute Gasteiger partial charge is 0.0452 e. The first kappa shape index (κ1) is 11.8. The van der Waals surface area contributed by atoms with E-state index in [4.69, 9.17) is 5.73 Å². The van der Waals surface area contributed by atoms with E-state index in [1.165, 1.54) is 18.0 Å². The van der Waals surface area contributed by atoms with Crippen molar-refractivity contribution in [2.24, 2.45) is 0 Å². The van der Waals surface area contributed by atoms with Crippen molar-refractivity contribution in [2.45, 2.75) is 4.90 Å². The van der Waals surface area contributed by atoms with Crippen LogP contribution in [0.1, 0.15) is 0 Å². The quantitative estimate of drug-likeness (QED) is 0.611. The van der Waals surface area contributed by atoms with E-state index in [0.717, 1.165) is 31.1 Å². The summed E-state index contributed by atoms with van der Waals surface area (Å²) in [4.78, 5) is 3.71. The highest BCUT2D eigenvalue weighted by atomic mass is 32.2. The minimum atomic E-state index is 0.896. The summed E-state index contributed by atoms with van der Waals surface area (Å²) in [5.41, 5.74) is 6.79. The van der Waals surface area contributed by atoms with E-state index in [-0.39, 0.29) is 0 Å². The average molecular weight is 237 g/mol. The topological polar surface area (TPSA) is 41.3 Å². The molecular formula is C12H19N3S. The zero-order valence-electron chi connectivity index (χ0n) is 9.48. The maximum atomic E-state index is 5.90. The van der Waals surface area contributed by atoms with Crippen LogP contribution in [-0.2, 0) is 0 Å². The highest BCUT2D eigenvalue weighted by molar-refractivity contribution is 7.99. The fourth-order valence-corrected chi connectivity index (χ4v) is 2.81. The van der Waals surface area contributed by atoms with Crippen LogP contribution < -0.4 is 11.1 Å². The van der Waals surface area contributed by atoms with Crippen molar-refractivity contribution in [2.75, 3.05) is 44.2 Å². The van der Waals surface area contributed by atoms with Crippen LogP contribution in [0.3, 0.4) is 0 Å². The number of nitrogens with one attached hydrogen (secondary N) is 1. The van der Waals surface area contributed by atoms with Crippen LogP contribution in [0, 0.1) is 0 Å². The molecule has 1 fully saturated rings. The normalized spacial score (nSPS) is 17.5. The molecule has 0 amide bonds. The third-order valence-electron chi connectivity index (χ3n) is 2.79. The average Bonchev–Trinajstić information content (AvgIpc) is 2.33. The van der Waals surface area contributed by atoms with Crippen LogP contribution in [-0.4, -0.2) is 43.4 Å². The van der Waals surface area contributed by atoms with Gasteiger partial charge in [-0.25, -0.2) is 0 Å². The zero-order valence-corrected chi connectivity index (χ0v) is 10.3. The summed E-state index contributed by atoms with van der Waals surface area (Å²) in [7, 11) is 0. The molecule has 0 unspecified atom stereocenters. The Morgan fingerprint density at radius 1 is 1.25 bits per heavy atom. The lowest BCUT2D eigenvalue weighted by molar-refractivity contribution is 0.255. The summed E-state index contributed by atoms with van der Waals surface area (Å²) < 4.78 is 0. The molecule has 0 aliphatic carbocycles. The fraction of sp³-hybridized carbons (Fsp3) is 0.500. The summed E-state index contributed by atoms with van der Waals surface area (Å²) >= 11 is 1.85. The Morgan fingerprint density at radius 2 is 2.00 bits per heavy atom. The van der Waals surface area contributed by atoms with Crippen LogP contribution >= 0.6 is 11.8 Å². The van der Waals surface area contributed by atoms with Crippen LogP contribution in [0.2, 0.25) is 0 Å². The minimum absolute atomic E-state index is 0.896. The molecule has 1 aliphatic rings. The van der Waals surface area contributed by atoms with E-state index in [2.05, 4.69) is 16.3 Å². The van der Waals surface area contributed by atoms with Crippen molar-refractivity contribution in [3.05, 3.63) is 24.3 Å². The van der Waals surface area contributed by atoms with E-state index >= 15 is 0 Å². The largest absolute Gasteiger partial charge is 0.398 e. The molecule has 1 heterocycles. The molecule has 0 atom stereocenters. The zero-order chi connectivity index (χ0) is 11.2. The van der Waals surface area contributed by atoms with Crippen LogP contribution in [0.15, 0.2) is 29.2 Å². The standard InChI is InChI=1S/C12H19N3S/c13-11-3-1-2-4-12(11)16-10-9-15-7-5-14-6-8-15/h1-4,14H,5-10,13H2. The number of para-hydroxylation sites is 1. The lowest BCUT2D eigenvalue weighted by Gasteiger charge is -2.26. The van der Waals surface area contributed by atoms with Crippen molar-refractivity contribution >= 4 is 17.4 Å². The number of hydrogen-bond acceptors (Lipinski definition) is 4. The van der Waals surface area contributed by atoms with E-state index in [9.17, 15) is 0 Å². The number of thioether (sulfide) groups is 1. The monoisotopic (exact) mass is 237 g/mol. The Morgan fingerprint density at radius 3 is 2.75 bits per heavy atom. The molecule has 1 aromatic rings. The van der Waals surface area contributed by atoms with Crippen molar-refractivity contribution < 1.29 is 0 Å².